The molecule has 0 aromatic carbocycles. The first-order valence-corrected chi connectivity index (χ1v) is 6.33. The third kappa shape index (κ3) is 2.42. The highest BCUT2D eigenvalue weighted by atomic mass is 32.2. The van der Waals surface area contributed by atoms with Crippen molar-refractivity contribution in [3.8, 4) is 0 Å². The van der Waals surface area contributed by atoms with Crippen molar-refractivity contribution in [2.75, 3.05) is 24.6 Å². The zero-order valence-electron chi connectivity index (χ0n) is 8.95. The fourth-order valence-corrected chi connectivity index (χ4v) is 2.58. The standard InChI is InChI=1S/C10H19NO2S/c1-3-14-8-7-11-6-4-5-10(11,2)9(12)13/h3-8H2,1-2H3,(H,12,13). The Morgan fingerprint density at radius 3 is 2.93 bits per heavy atom. The van der Waals surface area contributed by atoms with Crippen LogP contribution in [-0.4, -0.2) is 46.1 Å². The summed E-state index contributed by atoms with van der Waals surface area (Å²) in [5, 5.41) is 9.15. The topological polar surface area (TPSA) is 40.5 Å². The number of likely N-dealkylation sites (tertiary alicyclic amines) is 1. The third-order valence-corrected chi connectivity index (χ3v) is 3.84. The number of thioether (sulfide) groups is 1. The van der Waals surface area contributed by atoms with Gasteiger partial charge in [0.2, 0.25) is 0 Å². The smallest absolute Gasteiger partial charge is 0.323 e. The van der Waals surface area contributed by atoms with Crippen LogP contribution in [-0.2, 0) is 4.79 Å². The van der Waals surface area contributed by atoms with Crippen molar-refractivity contribution in [1.82, 2.24) is 4.90 Å². The molecule has 1 heterocycles. The predicted octanol–water partition coefficient (Wildman–Crippen LogP) is 1.68. The van der Waals surface area contributed by atoms with Crippen LogP contribution in [0.5, 0.6) is 0 Å². The summed E-state index contributed by atoms with van der Waals surface area (Å²) in [7, 11) is 0. The highest BCUT2D eigenvalue weighted by Crippen LogP contribution is 2.29. The maximum absolute atomic E-state index is 11.1. The minimum absolute atomic E-state index is 0.603. The second kappa shape index (κ2) is 5.03. The van der Waals surface area contributed by atoms with Gasteiger partial charge in [-0.1, -0.05) is 6.92 Å². The van der Waals surface area contributed by atoms with E-state index in [0.717, 1.165) is 37.4 Å². The Balaban J connectivity index is 2.46. The van der Waals surface area contributed by atoms with Gasteiger partial charge in [-0.25, -0.2) is 0 Å². The van der Waals surface area contributed by atoms with Crippen molar-refractivity contribution in [2.24, 2.45) is 0 Å². The van der Waals surface area contributed by atoms with E-state index in [1.54, 1.807) is 0 Å². The van der Waals surface area contributed by atoms with E-state index in [4.69, 9.17) is 5.11 Å². The molecule has 1 aliphatic rings. The van der Waals surface area contributed by atoms with Crippen LogP contribution >= 0.6 is 11.8 Å². The fraction of sp³-hybridized carbons (Fsp3) is 0.900. The van der Waals surface area contributed by atoms with E-state index in [9.17, 15) is 4.79 Å². The molecule has 0 bridgehead atoms. The van der Waals surface area contributed by atoms with E-state index < -0.39 is 11.5 Å². The third-order valence-electron chi connectivity index (χ3n) is 2.96. The van der Waals surface area contributed by atoms with Crippen molar-refractivity contribution in [3.63, 3.8) is 0 Å². The van der Waals surface area contributed by atoms with Crippen LogP contribution in [0.2, 0.25) is 0 Å². The first-order valence-electron chi connectivity index (χ1n) is 5.17. The Hall–Kier alpha value is -0.220. The molecule has 1 saturated heterocycles. The maximum Gasteiger partial charge on any atom is 0.323 e. The van der Waals surface area contributed by atoms with E-state index >= 15 is 0 Å². The molecule has 4 heteroatoms. The van der Waals surface area contributed by atoms with Gasteiger partial charge in [0.15, 0.2) is 0 Å². The van der Waals surface area contributed by atoms with Crippen LogP contribution in [0.1, 0.15) is 26.7 Å². The molecule has 0 saturated carbocycles. The number of nitrogens with zero attached hydrogens (tertiary/aromatic N) is 1. The predicted molar refractivity (Wildman–Crippen MR) is 59.8 cm³/mol. The lowest BCUT2D eigenvalue weighted by Crippen LogP contribution is -2.48. The van der Waals surface area contributed by atoms with Crippen molar-refractivity contribution in [2.45, 2.75) is 32.2 Å². The number of rotatable bonds is 5. The van der Waals surface area contributed by atoms with Gasteiger partial charge in [-0.05, 0) is 32.1 Å². The van der Waals surface area contributed by atoms with Gasteiger partial charge in [0, 0.05) is 12.3 Å². The van der Waals surface area contributed by atoms with Crippen LogP contribution in [0.15, 0.2) is 0 Å². The molecule has 82 valence electrons. The summed E-state index contributed by atoms with van der Waals surface area (Å²) in [6, 6.07) is 0. The molecule has 1 N–H and O–H groups in total. The average Bonchev–Trinajstić information content (AvgIpc) is 2.50. The van der Waals surface area contributed by atoms with E-state index in [2.05, 4.69) is 11.8 Å². The molecule has 1 unspecified atom stereocenters. The number of carboxylic acid groups (broad SMARTS) is 1. The largest absolute Gasteiger partial charge is 0.480 e. The molecule has 1 rings (SSSR count). The van der Waals surface area contributed by atoms with E-state index in [-0.39, 0.29) is 0 Å². The minimum Gasteiger partial charge on any atom is -0.480 e. The molecule has 0 aromatic rings. The van der Waals surface area contributed by atoms with E-state index in [1.807, 2.05) is 18.7 Å². The van der Waals surface area contributed by atoms with Crippen molar-refractivity contribution >= 4 is 17.7 Å². The molecule has 3 nitrogen and oxygen atoms in total. The summed E-state index contributed by atoms with van der Waals surface area (Å²) in [4.78, 5) is 13.2. The second-order valence-corrected chi connectivity index (χ2v) is 5.26. The Kier molecular flexibility index (Phi) is 4.26. The summed E-state index contributed by atoms with van der Waals surface area (Å²) < 4.78 is 0. The first kappa shape index (κ1) is 11.9. The minimum atomic E-state index is -0.670. The summed E-state index contributed by atoms with van der Waals surface area (Å²) in [6.45, 7) is 5.82. The SMILES string of the molecule is CCSCCN1CCCC1(C)C(=O)O. The molecular weight excluding hydrogens is 198 g/mol. The zero-order valence-corrected chi connectivity index (χ0v) is 9.77. The number of hydrogen-bond acceptors (Lipinski definition) is 3. The molecule has 0 spiro atoms. The number of carboxylic acids is 1. The van der Waals surface area contributed by atoms with E-state index in [0.29, 0.717) is 0 Å². The molecule has 14 heavy (non-hydrogen) atoms. The van der Waals surface area contributed by atoms with Gasteiger partial charge in [-0.15, -0.1) is 0 Å². The molecule has 0 radical (unpaired) electrons. The first-order chi connectivity index (χ1) is 6.61. The molecule has 1 fully saturated rings. The Bertz CT molecular complexity index is 210. The summed E-state index contributed by atoms with van der Waals surface area (Å²) >= 11 is 1.87. The van der Waals surface area contributed by atoms with E-state index in [1.165, 1.54) is 0 Å². The Morgan fingerprint density at radius 1 is 1.64 bits per heavy atom. The average molecular weight is 217 g/mol. The van der Waals surface area contributed by atoms with Gasteiger partial charge < -0.3 is 5.11 Å². The van der Waals surface area contributed by atoms with Crippen molar-refractivity contribution in [1.29, 1.82) is 0 Å². The number of hydrogen-bond donors (Lipinski definition) is 1. The zero-order chi connectivity index (χ0) is 10.6. The fourth-order valence-electron chi connectivity index (χ4n) is 1.94. The van der Waals surface area contributed by atoms with Crippen LogP contribution in [0.3, 0.4) is 0 Å². The summed E-state index contributed by atoms with van der Waals surface area (Å²) in [6.07, 6.45) is 1.80. The molecule has 1 atom stereocenters. The van der Waals surface area contributed by atoms with Gasteiger partial charge in [-0.3, -0.25) is 9.69 Å². The number of carbonyl (C=O) groups is 1. The normalized spacial score (nSPS) is 28.1. The molecule has 0 aliphatic carbocycles. The highest BCUT2D eigenvalue weighted by molar-refractivity contribution is 7.99. The van der Waals surface area contributed by atoms with Crippen molar-refractivity contribution < 1.29 is 9.90 Å². The maximum atomic E-state index is 11.1. The molecule has 0 amide bonds. The van der Waals surface area contributed by atoms with Gasteiger partial charge in [0.25, 0.3) is 0 Å². The molecule has 1 aliphatic heterocycles. The summed E-state index contributed by atoms with van der Waals surface area (Å²) in [5.74, 6) is 1.48. The Morgan fingerprint density at radius 2 is 2.36 bits per heavy atom. The van der Waals surface area contributed by atoms with Gasteiger partial charge in [0.1, 0.15) is 5.54 Å². The summed E-state index contributed by atoms with van der Waals surface area (Å²) in [5.41, 5.74) is -0.603. The van der Waals surface area contributed by atoms with Crippen LogP contribution in [0, 0.1) is 0 Å². The van der Waals surface area contributed by atoms with Gasteiger partial charge >= 0.3 is 5.97 Å². The Labute approximate surface area is 89.9 Å². The number of aliphatic carboxylic acids is 1. The second-order valence-electron chi connectivity index (χ2n) is 3.87. The highest BCUT2D eigenvalue weighted by Gasteiger charge is 2.42. The molecule has 0 aromatic heterocycles. The van der Waals surface area contributed by atoms with Crippen molar-refractivity contribution in [3.05, 3.63) is 0 Å². The monoisotopic (exact) mass is 217 g/mol. The lowest BCUT2D eigenvalue weighted by atomic mass is 9.99. The van der Waals surface area contributed by atoms with Crippen LogP contribution in [0.25, 0.3) is 0 Å². The van der Waals surface area contributed by atoms with Crippen LogP contribution in [0.4, 0.5) is 0 Å². The lowest BCUT2D eigenvalue weighted by molar-refractivity contribution is -0.148. The van der Waals surface area contributed by atoms with Gasteiger partial charge in [-0.2, -0.15) is 11.8 Å². The lowest BCUT2D eigenvalue weighted by Gasteiger charge is -2.30. The van der Waals surface area contributed by atoms with Crippen LogP contribution < -0.4 is 0 Å². The molecular formula is C10H19NO2S. The quantitative estimate of drug-likeness (QED) is 0.711. The van der Waals surface area contributed by atoms with Gasteiger partial charge in [0.05, 0.1) is 0 Å².